The molecule has 256 valence electrons. The second kappa shape index (κ2) is 15.3. The molecule has 1 aliphatic rings. The number of likely N-dealkylation sites (tertiary alicyclic amines) is 1. The number of imidazole rings is 1. The third-order valence-corrected chi connectivity index (χ3v) is 8.71. The van der Waals surface area contributed by atoms with Gasteiger partial charge in [-0.1, -0.05) is 31.8 Å². The highest BCUT2D eigenvalue weighted by Crippen LogP contribution is 2.30. The predicted octanol–water partition coefficient (Wildman–Crippen LogP) is 5.84. The molecule has 3 atom stereocenters. The molecule has 0 aliphatic carbocycles. The van der Waals surface area contributed by atoms with Crippen LogP contribution >= 0.6 is 0 Å². The van der Waals surface area contributed by atoms with Crippen LogP contribution < -0.4 is 4.74 Å². The number of methoxy groups -OCH3 is 1. The molecular weight excluding hydrogens is 610 g/mol. The zero-order chi connectivity index (χ0) is 34.3. The molecule has 0 saturated carbocycles. The Morgan fingerprint density at radius 2 is 1.61 bits per heavy atom. The number of rotatable bonds is 12. The van der Waals surface area contributed by atoms with E-state index in [4.69, 9.17) is 28.4 Å². The van der Waals surface area contributed by atoms with Gasteiger partial charge in [0.05, 0.1) is 38.1 Å². The van der Waals surface area contributed by atoms with Crippen molar-refractivity contribution in [3.05, 3.63) is 48.0 Å². The van der Waals surface area contributed by atoms with Gasteiger partial charge in [-0.25, -0.2) is 14.6 Å². The lowest BCUT2D eigenvalue weighted by molar-refractivity contribution is -0.155. The Morgan fingerprint density at radius 3 is 2.20 bits per heavy atom. The van der Waals surface area contributed by atoms with Crippen molar-refractivity contribution in [2.24, 2.45) is 0 Å². The van der Waals surface area contributed by atoms with Gasteiger partial charge in [-0.2, -0.15) is 0 Å². The van der Waals surface area contributed by atoms with Crippen LogP contribution in [0.3, 0.4) is 0 Å². The van der Waals surface area contributed by atoms with E-state index in [0.717, 1.165) is 11.6 Å². The smallest absolute Gasteiger partial charge is 0.497 e. The van der Waals surface area contributed by atoms with Gasteiger partial charge < -0.3 is 33.0 Å². The number of carbonyl (C=O) groups is 3. The fourth-order valence-corrected chi connectivity index (χ4v) is 5.53. The molecule has 0 radical (unpaired) electrons. The summed E-state index contributed by atoms with van der Waals surface area (Å²) in [5, 5.41) is 0. The van der Waals surface area contributed by atoms with E-state index in [1.54, 1.807) is 65.7 Å². The van der Waals surface area contributed by atoms with E-state index >= 15 is 0 Å². The molecule has 1 aliphatic heterocycles. The van der Waals surface area contributed by atoms with E-state index in [2.05, 4.69) is 24.6 Å². The highest BCUT2D eigenvalue weighted by atomic mass is 28.3. The summed E-state index contributed by atoms with van der Waals surface area (Å²) in [4.78, 5) is 45.5. The number of ether oxygens (including phenoxy) is 6. The fourth-order valence-electron chi connectivity index (χ4n) is 4.77. The van der Waals surface area contributed by atoms with Crippen LogP contribution in [0.1, 0.15) is 52.8 Å². The molecule has 46 heavy (non-hydrogen) atoms. The van der Waals surface area contributed by atoms with Crippen LogP contribution in [0.5, 0.6) is 5.75 Å². The second-order valence-corrected chi connectivity index (χ2v) is 20.3. The van der Waals surface area contributed by atoms with Crippen molar-refractivity contribution < 1.29 is 42.8 Å². The molecule has 1 aromatic heterocycles. The van der Waals surface area contributed by atoms with Gasteiger partial charge in [0.1, 0.15) is 23.7 Å². The van der Waals surface area contributed by atoms with Crippen LogP contribution in [0.4, 0.5) is 9.59 Å². The zero-order valence-electron chi connectivity index (χ0n) is 29.0. The Hall–Kier alpha value is -3.58. The number of amides is 1. The summed E-state index contributed by atoms with van der Waals surface area (Å²) in [6.07, 6.45) is -0.181. The highest BCUT2D eigenvalue weighted by molar-refractivity contribution is 6.76. The van der Waals surface area contributed by atoms with E-state index in [0.29, 0.717) is 18.1 Å². The van der Waals surface area contributed by atoms with E-state index in [9.17, 15) is 14.4 Å². The standard InChI is InChI=1S/C33H51N3O9Si/c1-32(2,3)44-30(38)36-20-27(42-31(39)45-33(4,5)6)29(26(36)17-23-11-13-25(40-7)14-12-23)43-28(37)18-24-19-34-21-35(24)22-41-15-16-46(8,9)10/h11-14,19,21,26-27,29H,15-18,20,22H2,1-10H3/t26-,27+,29+/m1/s1. The summed E-state index contributed by atoms with van der Waals surface area (Å²) in [7, 11) is 0.328. The molecule has 12 nitrogen and oxygen atoms in total. The zero-order valence-corrected chi connectivity index (χ0v) is 30.0. The molecule has 0 N–H and O–H groups in total. The van der Waals surface area contributed by atoms with Gasteiger partial charge in [0, 0.05) is 20.9 Å². The number of hydrogen-bond donors (Lipinski definition) is 0. The van der Waals surface area contributed by atoms with E-state index < -0.39 is 55.7 Å². The van der Waals surface area contributed by atoms with Gasteiger partial charge in [-0.15, -0.1) is 0 Å². The molecule has 1 amide bonds. The quantitative estimate of drug-likeness (QED) is 0.118. The maximum absolute atomic E-state index is 13.5. The molecular formula is C33H51N3O9Si. The molecule has 0 spiro atoms. The second-order valence-electron chi connectivity index (χ2n) is 14.7. The SMILES string of the molecule is COc1ccc(C[C@@H]2[C@H](OC(=O)Cc3cncn3COCC[Si](C)(C)C)[C@@H](OC(=O)OC(C)(C)C)CN2C(=O)OC(C)(C)C)cc1. The largest absolute Gasteiger partial charge is 0.509 e. The highest BCUT2D eigenvalue weighted by Gasteiger charge is 2.50. The fraction of sp³-hybridized carbons (Fsp3) is 0.636. The number of esters is 1. The molecule has 3 rings (SSSR count). The molecule has 0 unspecified atom stereocenters. The molecule has 1 aromatic carbocycles. The Kier molecular flexibility index (Phi) is 12.3. The summed E-state index contributed by atoms with van der Waals surface area (Å²) >= 11 is 0. The van der Waals surface area contributed by atoms with Crippen LogP contribution in [-0.4, -0.2) is 90.5 Å². The number of hydrogen-bond acceptors (Lipinski definition) is 10. The molecule has 0 bridgehead atoms. The van der Waals surface area contributed by atoms with Crippen LogP contribution in [0.25, 0.3) is 0 Å². The Labute approximate surface area is 273 Å². The normalized spacial score (nSPS) is 18.7. The van der Waals surface area contributed by atoms with Crippen molar-refractivity contribution in [3.8, 4) is 5.75 Å². The Balaban J connectivity index is 1.87. The Morgan fingerprint density at radius 1 is 0.957 bits per heavy atom. The van der Waals surface area contributed by atoms with Crippen LogP contribution in [-0.2, 0) is 48.1 Å². The maximum Gasteiger partial charge on any atom is 0.509 e. The minimum absolute atomic E-state index is 0.0597. The van der Waals surface area contributed by atoms with Crippen molar-refractivity contribution in [2.45, 2.75) is 116 Å². The number of nitrogens with zero attached hydrogens (tertiary/aromatic N) is 3. The topological polar surface area (TPSA) is 128 Å². The van der Waals surface area contributed by atoms with E-state index in [1.807, 2.05) is 24.3 Å². The lowest BCUT2D eigenvalue weighted by Crippen LogP contribution is -2.45. The maximum atomic E-state index is 13.5. The first-order valence-corrected chi connectivity index (χ1v) is 19.3. The van der Waals surface area contributed by atoms with Gasteiger partial charge in [-0.3, -0.25) is 9.69 Å². The van der Waals surface area contributed by atoms with Gasteiger partial charge in [-0.05, 0) is 71.7 Å². The predicted molar refractivity (Wildman–Crippen MR) is 174 cm³/mol. The van der Waals surface area contributed by atoms with Crippen LogP contribution in [0.2, 0.25) is 25.7 Å². The van der Waals surface area contributed by atoms with Crippen molar-refractivity contribution >= 4 is 26.3 Å². The van der Waals surface area contributed by atoms with Crippen molar-refractivity contribution in [3.63, 3.8) is 0 Å². The lowest BCUT2D eigenvalue weighted by atomic mass is 10.0. The Bertz CT molecular complexity index is 1310. The first-order valence-electron chi connectivity index (χ1n) is 15.6. The summed E-state index contributed by atoms with van der Waals surface area (Å²) in [5.74, 6) is 0.103. The van der Waals surface area contributed by atoms with E-state index in [1.165, 1.54) is 4.90 Å². The average molecular weight is 662 g/mol. The van der Waals surface area contributed by atoms with Crippen molar-refractivity contribution in [1.29, 1.82) is 0 Å². The third kappa shape index (κ3) is 12.0. The minimum atomic E-state index is -1.25. The van der Waals surface area contributed by atoms with Gasteiger partial charge in [0.15, 0.2) is 12.2 Å². The molecule has 2 heterocycles. The minimum Gasteiger partial charge on any atom is -0.497 e. The summed E-state index contributed by atoms with van der Waals surface area (Å²) in [5.41, 5.74) is -0.138. The monoisotopic (exact) mass is 661 g/mol. The first-order chi connectivity index (χ1) is 21.3. The number of benzene rings is 1. The summed E-state index contributed by atoms with van der Waals surface area (Å²) in [6.45, 7) is 18.1. The third-order valence-electron chi connectivity index (χ3n) is 7.01. The number of carbonyl (C=O) groups excluding carboxylic acids is 3. The van der Waals surface area contributed by atoms with Gasteiger partial charge in [0.25, 0.3) is 0 Å². The van der Waals surface area contributed by atoms with Crippen LogP contribution in [0, 0.1) is 0 Å². The average Bonchev–Trinajstić information content (AvgIpc) is 3.48. The first kappa shape index (κ1) is 36.9. The molecule has 1 fully saturated rings. The van der Waals surface area contributed by atoms with Crippen LogP contribution in [0.15, 0.2) is 36.8 Å². The van der Waals surface area contributed by atoms with Crippen molar-refractivity contribution in [2.75, 3.05) is 20.3 Å². The molecule has 2 aromatic rings. The summed E-state index contributed by atoms with van der Waals surface area (Å²) < 4.78 is 35.8. The lowest BCUT2D eigenvalue weighted by Gasteiger charge is -2.30. The molecule has 1 saturated heterocycles. The van der Waals surface area contributed by atoms with Gasteiger partial charge in [0.2, 0.25) is 0 Å². The van der Waals surface area contributed by atoms with Gasteiger partial charge >= 0.3 is 18.2 Å². The van der Waals surface area contributed by atoms with Crippen molar-refractivity contribution in [1.82, 2.24) is 14.5 Å². The number of aromatic nitrogens is 2. The van der Waals surface area contributed by atoms with E-state index in [-0.39, 0.29) is 26.1 Å². The molecule has 13 heteroatoms. The summed E-state index contributed by atoms with van der Waals surface area (Å²) in [6, 6.07) is 7.66.